The van der Waals surface area contributed by atoms with Crippen LogP contribution in [0.25, 0.3) is 22.0 Å². The van der Waals surface area contributed by atoms with Crippen molar-refractivity contribution in [2.45, 2.75) is 43.9 Å². The number of rotatable bonds is 3. The first-order valence-corrected chi connectivity index (χ1v) is 9.56. The quantitative estimate of drug-likeness (QED) is 0.707. The molecule has 0 saturated carbocycles. The molecule has 2 fully saturated rings. The SMILES string of the molecule is Oc1cc(Cl)ccc1-c1nnc(NC2C[C@H]3CC[C@@H](C2)O3)c2cnccc12. The number of aromatic hydroxyl groups is 1. The first-order chi connectivity index (χ1) is 13.2. The Hall–Kier alpha value is -2.44. The number of benzene rings is 1. The predicted octanol–water partition coefficient (Wildman–Crippen LogP) is 4.17. The molecule has 2 bridgehead atoms. The number of hydrogen-bond donors (Lipinski definition) is 2. The fourth-order valence-corrected chi connectivity index (χ4v) is 4.34. The third-order valence-electron chi connectivity index (χ3n) is 5.43. The van der Waals surface area contributed by atoms with Gasteiger partial charge in [0.2, 0.25) is 0 Å². The Labute approximate surface area is 161 Å². The maximum atomic E-state index is 10.3. The molecule has 2 aliphatic heterocycles. The van der Waals surface area contributed by atoms with Crippen molar-refractivity contribution in [1.82, 2.24) is 15.2 Å². The van der Waals surface area contributed by atoms with Crippen molar-refractivity contribution in [3.05, 3.63) is 41.7 Å². The van der Waals surface area contributed by atoms with E-state index in [0.717, 1.165) is 42.3 Å². The minimum Gasteiger partial charge on any atom is -0.507 e. The molecule has 7 heteroatoms. The van der Waals surface area contributed by atoms with Gasteiger partial charge in [0.05, 0.1) is 12.2 Å². The standard InChI is InChI=1S/C20H19ClN4O2/c21-11-1-4-16(18(26)7-11)19-15-5-6-22-10-17(15)20(25-24-19)23-12-8-13-2-3-14(9-12)27-13/h1,4-7,10,12-14,26H,2-3,8-9H2,(H,23,25)/t12?,13-,14+. The fraction of sp³-hybridized carbons (Fsp3) is 0.350. The lowest BCUT2D eigenvalue weighted by Crippen LogP contribution is -2.34. The molecule has 0 aliphatic carbocycles. The van der Waals surface area contributed by atoms with Crippen molar-refractivity contribution in [2.75, 3.05) is 5.32 Å². The van der Waals surface area contributed by atoms with E-state index in [1.165, 1.54) is 6.07 Å². The van der Waals surface area contributed by atoms with Gasteiger partial charge in [-0.25, -0.2) is 0 Å². The van der Waals surface area contributed by atoms with Crippen molar-refractivity contribution in [3.63, 3.8) is 0 Å². The van der Waals surface area contributed by atoms with Gasteiger partial charge in [-0.15, -0.1) is 10.2 Å². The zero-order valence-corrected chi connectivity index (χ0v) is 15.4. The van der Waals surface area contributed by atoms with Gasteiger partial charge in [-0.3, -0.25) is 4.98 Å². The molecule has 2 aromatic heterocycles. The number of ether oxygens (including phenoxy) is 1. The van der Waals surface area contributed by atoms with Crippen LogP contribution in [0.5, 0.6) is 5.75 Å². The molecule has 3 atom stereocenters. The number of nitrogens with zero attached hydrogens (tertiary/aromatic N) is 3. The molecular weight excluding hydrogens is 364 g/mol. The molecule has 2 aliphatic rings. The van der Waals surface area contributed by atoms with E-state index in [-0.39, 0.29) is 5.75 Å². The minimum absolute atomic E-state index is 0.0802. The predicted molar refractivity (Wildman–Crippen MR) is 104 cm³/mol. The lowest BCUT2D eigenvalue weighted by molar-refractivity contribution is 0.000663. The molecule has 5 rings (SSSR count). The number of halogens is 1. The number of aromatic nitrogens is 3. The molecule has 1 aromatic carbocycles. The molecular formula is C20H19ClN4O2. The summed E-state index contributed by atoms with van der Waals surface area (Å²) in [7, 11) is 0. The van der Waals surface area contributed by atoms with Gasteiger partial charge in [-0.05, 0) is 49.9 Å². The van der Waals surface area contributed by atoms with Gasteiger partial charge in [-0.1, -0.05) is 11.6 Å². The molecule has 3 aromatic rings. The van der Waals surface area contributed by atoms with Crippen LogP contribution in [0.15, 0.2) is 36.7 Å². The molecule has 2 N–H and O–H groups in total. The van der Waals surface area contributed by atoms with Crippen molar-refractivity contribution < 1.29 is 9.84 Å². The van der Waals surface area contributed by atoms with Crippen molar-refractivity contribution in [2.24, 2.45) is 0 Å². The molecule has 0 amide bonds. The van der Waals surface area contributed by atoms with Crippen molar-refractivity contribution >= 4 is 28.2 Å². The van der Waals surface area contributed by atoms with Crippen LogP contribution in [0.4, 0.5) is 5.82 Å². The van der Waals surface area contributed by atoms with Crippen LogP contribution < -0.4 is 5.32 Å². The lowest BCUT2D eigenvalue weighted by atomic mass is 10.0. The van der Waals surface area contributed by atoms with E-state index in [0.29, 0.717) is 34.5 Å². The van der Waals surface area contributed by atoms with E-state index in [2.05, 4.69) is 20.5 Å². The van der Waals surface area contributed by atoms with Crippen LogP contribution in [0.2, 0.25) is 5.02 Å². The summed E-state index contributed by atoms with van der Waals surface area (Å²) < 4.78 is 5.93. The molecule has 27 heavy (non-hydrogen) atoms. The van der Waals surface area contributed by atoms with E-state index < -0.39 is 0 Å². The third kappa shape index (κ3) is 3.09. The number of nitrogens with one attached hydrogen (secondary N) is 1. The third-order valence-corrected chi connectivity index (χ3v) is 5.66. The number of phenolic OH excluding ortho intramolecular Hbond substituents is 1. The Balaban J connectivity index is 1.54. The summed E-state index contributed by atoms with van der Waals surface area (Å²) in [6.07, 6.45) is 8.47. The zero-order valence-electron chi connectivity index (χ0n) is 14.6. The van der Waals surface area contributed by atoms with E-state index in [4.69, 9.17) is 16.3 Å². The summed E-state index contributed by atoms with van der Waals surface area (Å²) >= 11 is 5.96. The van der Waals surface area contributed by atoms with E-state index in [1.807, 2.05) is 6.07 Å². The maximum Gasteiger partial charge on any atom is 0.158 e. The number of anilines is 1. The van der Waals surface area contributed by atoms with Crippen LogP contribution in [-0.2, 0) is 4.74 Å². The first-order valence-electron chi connectivity index (χ1n) is 9.18. The van der Waals surface area contributed by atoms with Gasteiger partial charge in [0.25, 0.3) is 0 Å². The summed E-state index contributed by atoms with van der Waals surface area (Å²) in [5.41, 5.74) is 1.21. The average molecular weight is 383 g/mol. The zero-order chi connectivity index (χ0) is 18.4. The van der Waals surface area contributed by atoms with Crippen LogP contribution >= 0.6 is 11.6 Å². The van der Waals surface area contributed by atoms with E-state index in [9.17, 15) is 5.11 Å². The number of hydrogen-bond acceptors (Lipinski definition) is 6. The van der Waals surface area contributed by atoms with Gasteiger partial charge in [0.15, 0.2) is 5.82 Å². The monoisotopic (exact) mass is 382 g/mol. The topological polar surface area (TPSA) is 80.2 Å². The minimum atomic E-state index is 0.0802. The fourth-order valence-electron chi connectivity index (χ4n) is 4.18. The van der Waals surface area contributed by atoms with Crippen LogP contribution in [0, 0.1) is 0 Å². The number of pyridine rings is 1. The Morgan fingerprint density at radius 3 is 2.67 bits per heavy atom. The highest BCUT2D eigenvalue weighted by Gasteiger charge is 2.35. The highest BCUT2D eigenvalue weighted by Crippen LogP contribution is 2.37. The highest BCUT2D eigenvalue weighted by molar-refractivity contribution is 6.30. The Morgan fingerprint density at radius 1 is 1.07 bits per heavy atom. The van der Waals surface area contributed by atoms with Gasteiger partial charge in [0, 0.05) is 39.8 Å². The number of fused-ring (bicyclic) bond motifs is 3. The normalized spacial score (nSPS) is 24.3. The van der Waals surface area contributed by atoms with Gasteiger partial charge >= 0.3 is 0 Å². The van der Waals surface area contributed by atoms with Crippen molar-refractivity contribution in [1.29, 1.82) is 0 Å². The summed E-state index contributed by atoms with van der Waals surface area (Å²) in [6.45, 7) is 0. The Morgan fingerprint density at radius 2 is 1.89 bits per heavy atom. The Bertz CT molecular complexity index is 1000. The van der Waals surface area contributed by atoms with Gasteiger partial charge in [0.1, 0.15) is 11.4 Å². The van der Waals surface area contributed by atoms with E-state index in [1.54, 1.807) is 24.5 Å². The summed E-state index contributed by atoms with van der Waals surface area (Å²) in [5, 5.41) is 24.9. The van der Waals surface area contributed by atoms with Gasteiger partial charge < -0.3 is 15.2 Å². The molecule has 4 heterocycles. The Kier molecular flexibility index (Phi) is 4.10. The second-order valence-electron chi connectivity index (χ2n) is 7.25. The summed E-state index contributed by atoms with van der Waals surface area (Å²) in [4.78, 5) is 4.26. The lowest BCUT2D eigenvalue weighted by Gasteiger charge is -2.29. The molecule has 2 saturated heterocycles. The largest absolute Gasteiger partial charge is 0.507 e. The molecule has 6 nitrogen and oxygen atoms in total. The summed E-state index contributed by atoms with van der Waals surface area (Å²) in [5.74, 6) is 0.804. The second-order valence-corrected chi connectivity index (χ2v) is 7.69. The van der Waals surface area contributed by atoms with Crippen LogP contribution in [0.1, 0.15) is 25.7 Å². The molecule has 0 spiro atoms. The van der Waals surface area contributed by atoms with Gasteiger partial charge in [-0.2, -0.15) is 0 Å². The highest BCUT2D eigenvalue weighted by atomic mass is 35.5. The second kappa shape index (κ2) is 6.62. The van der Waals surface area contributed by atoms with Crippen LogP contribution in [0.3, 0.4) is 0 Å². The van der Waals surface area contributed by atoms with Crippen molar-refractivity contribution in [3.8, 4) is 17.0 Å². The molecule has 0 radical (unpaired) electrons. The summed E-state index contributed by atoms with van der Waals surface area (Å²) in [6, 6.07) is 7.21. The van der Waals surface area contributed by atoms with Crippen LogP contribution in [-0.4, -0.2) is 38.5 Å². The average Bonchev–Trinajstić information content (AvgIpc) is 3.01. The molecule has 1 unspecified atom stereocenters. The van der Waals surface area contributed by atoms with E-state index >= 15 is 0 Å². The smallest absolute Gasteiger partial charge is 0.158 e. The number of phenols is 1. The molecule has 138 valence electrons. The maximum absolute atomic E-state index is 10.3. The first kappa shape index (κ1) is 16.7.